The van der Waals surface area contributed by atoms with E-state index >= 15 is 0 Å². The number of carbonyl (C=O) groups excluding carboxylic acids is 12. The Labute approximate surface area is 510 Å². The molecule has 0 radical (unpaired) electrons. The van der Waals surface area contributed by atoms with Gasteiger partial charge < -0.3 is 112 Å². The monoisotopic (exact) mass is 1240 g/mol. The predicted molar refractivity (Wildman–Crippen MR) is 324 cm³/mol. The molecule has 0 saturated carbocycles. The van der Waals surface area contributed by atoms with Gasteiger partial charge in [-0.25, -0.2) is 19.2 Å². The lowest BCUT2D eigenvalue weighted by atomic mass is 10.1. The fraction of sp³-hybridized carbons (Fsp3) is 0.357. The molecule has 33 nitrogen and oxygen atoms in total. The molecule has 4 atom stereocenters. The Balaban J connectivity index is 1.59. The van der Waals surface area contributed by atoms with E-state index in [0.29, 0.717) is 6.42 Å². The number of urea groups is 4. The van der Waals surface area contributed by atoms with Gasteiger partial charge in [0.25, 0.3) is 23.6 Å². The number of rotatable bonds is 35. The average Bonchev–Trinajstić information content (AvgIpc) is 2.33. The number of ether oxygens (including phenoxy) is 4. The Bertz CT molecular complexity index is 3240. The van der Waals surface area contributed by atoms with Crippen LogP contribution in [-0.2, 0) is 19.2 Å². The third-order valence-electron chi connectivity index (χ3n) is 13.0. The Morgan fingerprint density at radius 1 is 0.360 bits per heavy atom. The number of carbonyl (C=O) groups is 12. The molecule has 0 spiro atoms. The first-order valence-electron chi connectivity index (χ1n) is 27.4. The molecule has 33 heteroatoms. The van der Waals surface area contributed by atoms with Crippen molar-refractivity contribution in [1.82, 2.24) is 37.2 Å². The smallest absolute Gasteiger partial charge is 0.312 e. The molecular formula is C56H75N17O16. The van der Waals surface area contributed by atoms with Crippen molar-refractivity contribution in [3.8, 4) is 23.0 Å². The van der Waals surface area contributed by atoms with Crippen molar-refractivity contribution >= 4 is 94.1 Å². The summed E-state index contributed by atoms with van der Waals surface area (Å²) in [5.74, 6) is -6.19. The van der Waals surface area contributed by atoms with E-state index in [4.69, 9.17) is 53.3 Å². The number of anilines is 4. The number of methoxy groups -OCH3 is 4. The predicted octanol–water partition coefficient (Wildman–Crippen LogP) is 0.0910. The average molecular weight is 1240 g/mol. The summed E-state index contributed by atoms with van der Waals surface area (Å²) in [6.45, 7) is 0.197. The maximum Gasteiger partial charge on any atom is 0.312 e. The van der Waals surface area contributed by atoms with Crippen molar-refractivity contribution in [3.05, 3.63) is 95.1 Å². The highest BCUT2D eigenvalue weighted by atomic mass is 16.5. The van der Waals surface area contributed by atoms with Crippen LogP contribution in [0.4, 0.5) is 41.9 Å². The molecule has 4 aromatic carbocycles. The molecule has 23 N–H and O–H groups in total. The zero-order chi connectivity index (χ0) is 65.7. The van der Waals surface area contributed by atoms with Crippen LogP contribution in [0, 0.1) is 0 Å². The molecule has 0 unspecified atom stereocenters. The van der Waals surface area contributed by atoms with E-state index in [1.54, 1.807) is 0 Å². The molecule has 0 heterocycles. The van der Waals surface area contributed by atoms with Crippen LogP contribution in [0.1, 0.15) is 92.8 Å². The lowest BCUT2D eigenvalue weighted by molar-refractivity contribution is -0.118. The summed E-state index contributed by atoms with van der Waals surface area (Å²) in [7, 11) is 5.16. The first-order chi connectivity index (χ1) is 42.4. The summed E-state index contributed by atoms with van der Waals surface area (Å²) in [6, 6.07) is 8.01. The molecule has 16 amide bonds. The molecule has 0 bridgehead atoms. The largest absolute Gasteiger partial charge is 0.496 e. The van der Waals surface area contributed by atoms with Crippen LogP contribution in [0.15, 0.2) is 72.8 Å². The highest BCUT2D eigenvalue weighted by molar-refractivity contribution is 6.07. The van der Waals surface area contributed by atoms with Crippen molar-refractivity contribution in [2.24, 2.45) is 34.4 Å². The van der Waals surface area contributed by atoms with Gasteiger partial charge in [0.2, 0.25) is 23.6 Å². The minimum absolute atomic E-state index is 0.00423. The highest BCUT2D eigenvalue weighted by Crippen LogP contribution is 2.28. The third kappa shape index (κ3) is 23.0. The van der Waals surface area contributed by atoms with Gasteiger partial charge in [0.1, 0.15) is 41.1 Å². The van der Waals surface area contributed by atoms with E-state index in [9.17, 15) is 57.5 Å². The lowest BCUT2D eigenvalue weighted by Crippen LogP contribution is -2.45. The fourth-order valence-corrected chi connectivity index (χ4v) is 8.52. The molecule has 4 aromatic rings. The molecular weight excluding hydrogens is 1170 g/mol. The minimum Gasteiger partial charge on any atom is -0.496 e. The molecule has 4 rings (SSSR count). The van der Waals surface area contributed by atoms with Crippen molar-refractivity contribution in [2.45, 2.75) is 75.5 Å². The molecule has 0 aliphatic heterocycles. The molecule has 89 heavy (non-hydrogen) atoms. The van der Waals surface area contributed by atoms with Crippen LogP contribution < -0.4 is 112 Å². The van der Waals surface area contributed by atoms with Gasteiger partial charge in [0, 0.05) is 48.9 Å². The molecule has 0 fully saturated rings. The summed E-state index contributed by atoms with van der Waals surface area (Å²) in [4.78, 5) is 155. The van der Waals surface area contributed by atoms with E-state index in [1.807, 2.05) is 0 Å². The molecule has 0 aliphatic rings. The van der Waals surface area contributed by atoms with E-state index in [-0.39, 0.29) is 139 Å². The first kappa shape index (κ1) is 70.4. The van der Waals surface area contributed by atoms with Crippen LogP contribution in [-0.4, -0.2) is 150 Å². The van der Waals surface area contributed by atoms with E-state index in [1.165, 1.54) is 101 Å². The highest BCUT2D eigenvalue weighted by Gasteiger charge is 2.29. The van der Waals surface area contributed by atoms with Crippen molar-refractivity contribution < 1.29 is 76.5 Å². The van der Waals surface area contributed by atoms with Crippen LogP contribution in [0.25, 0.3) is 0 Å². The fourth-order valence-electron chi connectivity index (χ4n) is 8.52. The van der Waals surface area contributed by atoms with E-state index in [0.717, 1.165) is 0 Å². The van der Waals surface area contributed by atoms with E-state index < -0.39 is 95.5 Å². The second-order valence-corrected chi connectivity index (χ2v) is 19.4. The quantitative estimate of drug-likeness (QED) is 0.0272. The van der Waals surface area contributed by atoms with Gasteiger partial charge in [-0.1, -0.05) is 0 Å². The number of benzene rings is 4. The Morgan fingerprint density at radius 3 is 0.865 bits per heavy atom. The van der Waals surface area contributed by atoms with E-state index in [2.05, 4.69) is 58.5 Å². The number of primary amides is 5. The van der Waals surface area contributed by atoms with Crippen molar-refractivity contribution in [1.29, 1.82) is 0 Å². The van der Waals surface area contributed by atoms with Gasteiger partial charge in [0.15, 0.2) is 0 Å². The second kappa shape index (κ2) is 35.4. The molecule has 0 saturated heterocycles. The van der Waals surface area contributed by atoms with Gasteiger partial charge >= 0.3 is 24.1 Å². The number of amides is 16. The van der Waals surface area contributed by atoms with Gasteiger partial charge in [0.05, 0.1) is 56.7 Å². The molecule has 0 aliphatic carbocycles. The summed E-state index contributed by atoms with van der Waals surface area (Å²) in [5.41, 5.74) is 32.2. The van der Waals surface area contributed by atoms with Crippen LogP contribution >= 0.6 is 0 Å². The van der Waals surface area contributed by atoms with Crippen LogP contribution in [0.2, 0.25) is 0 Å². The molecule has 480 valence electrons. The van der Waals surface area contributed by atoms with Crippen LogP contribution in [0.3, 0.4) is 0 Å². The van der Waals surface area contributed by atoms with Gasteiger partial charge in [-0.15, -0.1) is 0 Å². The standard InChI is InChI=1S/C56H75N17O16/c1-86-41-17-13-29(25-33(41)45(58)74)68-50(79)38(10-6-22-64-54(60)83)71-47(76)35-27-31(15-19-43(35)88-3)70-52(81)40(12-8-24-66-56(62)85)73-48(77)36-28-32(16-20-44(36)89-4)69-51(80)39(11-7-23-65-55(61)84)72-46(75)34-26-30(14-18-42(34)87-2)67-49(78)37(57)9-5-21-63-53(59)82/h13-20,25-28,37-40H,5-12,21-24,57H2,1-4H3,(H2,58,74)(H,67,78)(H,68,79)(H,69,80)(H,70,81)(H,71,76)(H,72,75)(H,73,77)(H3,59,63,82)(H3,60,64,83)(H3,61,65,84)(H3,62,66,85)/t37-,38-,39-,40-/m1/s1. The van der Waals surface area contributed by atoms with Crippen LogP contribution in [0.5, 0.6) is 23.0 Å². The minimum atomic E-state index is -1.39. The van der Waals surface area contributed by atoms with Crippen molar-refractivity contribution in [2.75, 3.05) is 75.9 Å². The van der Waals surface area contributed by atoms with Gasteiger partial charge in [-0.3, -0.25) is 38.4 Å². The third-order valence-corrected chi connectivity index (χ3v) is 13.0. The SMILES string of the molecule is COc1ccc(NC(=O)[C@@H](CCCNC(N)=O)NC(=O)c2cc(NC(=O)[C@@H](CCCNC(N)=O)NC(=O)c3cc(NC(=O)[C@@H](CCCNC(N)=O)NC(=O)c4cc(NC(=O)[C@H](N)CCCNC(N)=O)ccc4OC)ccc3OC)ccc2OC)cc1C(N)=O. The summed E-state index contributed by atoms with van der Waals surface area (Å²) >= 11 is 0. The first-order valence-corrected chi connectivity index (χ1v) is 27.4. The van der Waals surface area contributed by atoms with Gasteiger partial charge in [-0.05, 0) is 124 Å². The van der Waals surface area contributed by atoms with Gasteiger partial charge in [-0.2, -0.15) is 0 Å². The topological polar surface area (TPSA) is 530 Å². The maximum atomic E-state index is 14.3. The second-order valence-electron chi connectivity index (χ2n) is 19.4. The van der Waals surface area contributed by atoms with Crippen molar-refractivity contribution in [3.63, 3.8) is 0 Å². The summed E-state index contributed by atoms with van der Waals surface area (Å²) < 4.78 is 21.5. The Hall–Kier alpha value is -11.1. The Kier molecular flexibility index (Phi) is 28.0. The number of nitrogens with one attached hydrogen (secondary N) is 11. The number of hydrogen-bond acceptors (Lipinski definition) is 17. The number of nitrogens with two attached hydrogens (primary N) is 6. The number of hydrogen-bond donors (Lipinski definition) is 17. The normalized spacial score (nSPS) is 11.9. The maximum absolute atomic E-state index is 14.3. The zero-order valence-corrected chi connectivity index (χ0v) is 49.2. The zero-order valence-electron chi connectivity index (χ0n) is 49.2. The molecule has 0 aromatic heterocycles. The summed E-state index contributed by atoms with van der Waals surface area (Å²) in [6.07, 6.45) is 0.629. The summed E-state index contributed by atoms with van der Waals surface area (Å²) in [5, 5.41) is 28.2. The Morgan fingerprint density at radius 2 is 0.607 bits per heavy atom. The lowest BCUT2D eigenvalue weighted by Gasteiger charge is -2.22.